The van der Waals surface area contributed by atoms with Gasteiger partial charge in [-0.05, 0) is 30.5 Å². The molecule has 2 unspecified atom stereocenters. The van der Waals surface area contributed by atoms with Crippen LogP contribution in [-0.4, -0.2) is 61.1 Å². The molecule has 0 spiro atoms. The number of nitrogens with zero attached hydrogens (tertiary/aromatic N) is 2. The number of ether oxygens (including phenoxy) is 2. The van der Waals surface area contributed by atoms with E-state index in [2.05, 4.69) is 16.3 Å². The van der Waals surface area contributed by atoms with E-state index in [1.165, 1.54) is 5.56 Å². The van der Waals surface area contributed by atoms with E-state index in [1.807, 2.05) is 24.0 Å². The highest BCUT2D eigenvalue weighted by molar-refractivity contribution is 5.92. The zero-order valence-corrected chi connectivity index (χ0v) is 15.8. The van der Waals surface area contributed by atoms with E-state index in [9.17, 15) is 9.59 Å². The number of fused-ring (bicyclic) bond motifs is 1. The Balaban J connectivity index is 1.23. The number of amides is 2. The second-order valence-electron chi connectivity index (χ2n) is 7.53. The summed E-state index contributed by atoms with van der Waals surface area (Å²) in [5.41, 5.74) is 1.19. The normalized spacial score (nSPS) is 24.0. The van der Waals surface area contributed by atoms with Crippen LogP contribution >= 0.6 is 0 Å². The second kappa shape index (κ2) is 7.76. The minimum absolute atomic E-state index is 0.0386. The molecule has 7 heteroatoms. The van der Waals surface area contributed by atoms with Gasteiger partial charge in [0.2, 0.25) is 18.6 Å². The first kappa shape index (κ1) is 18.1. The van der Waals surface area contributed by atoms with E-state index >= 15 is 0 Å². The number of hydrogen-bond donors (Lipinski definition) is 1. The standard InChI is InChI=1S/C20H27N3O4/c1-2-5-21-19(24)15-11-16(15)20(25)23-8-6-22(7-9-23)12-14-3-4-17-18(10-14)27-13-26-17/h3-4,10,15-16H,2,5-9,11-13H2,1H3,(H,21,24). The molecule has 0 bridgehead atoms. The summed E-state index contributed by atoms with van der Waals surface area (Å²) >= 11 is 0. The van der Waals surface area contributed by atoms with E-state index in [1.54, 1.807) is 0 Å². The molecule has 2 heterocycles. The van der Waals surface area contributed by atoms with Crippen molar-refractivity contribution in [2.45, 2.75) is 26.3 Å². The van der Waals surface area contributed by atoms with Gasteiger partial charge in [0.05, 0.1) is 11.8 Å². The minimum Gasteiger partial charge on any atom is -0.454 e. The molecule has 3 aliphatic rings. The Morgan fingerprint density at radius 1 is 1.11 bits per heavy atom. The van der Waals surface area contributed by atoms with E-state index < -0.39 is 0 Å². The van der Waals surface area contributed by atoms with Gasteiger partial charge in [0, 0.05) is 39.3 Å². The first-order valence-electron chi connectivity index (χ1n) is 9.83. The maximum Gasteiger partial charge on any atom is 0.231 e. The highest BCUT2D eigenvalue weighted by atomic mass is 16.7. The van der Waals surface area contributed by atoms with Gasteiger partial charge in [-0.1, -0.05) is 13.0 Å². The molecular weight excluding hydrogens is 346 g/mol. The Hall–Kier alpha value is -2.28. The maximum atomic E-state index is 12.6. The molecule has 2 amide bonds. The number of nitrogens with one attached hydrogen (secondary N) is 1. The zero-order chi connectivity index (χ0) is 18.8. The summed E-state index contributed by atoms with van der Waals surface area (Å²) in [6, 6.07) is 6.05. The van der Waals surface area contributed by atoms with Crippen molar-refractivity contribution >= 4 is 11.8 Å². The molecule has 146 valence electrons. The number of piperazine rings is 1. The van der Waals surface area contributed by atoms with E-state index in [0.717, 1.165) is 50.6 Å². The zero-order valence-electron chi connectivity index (χ0n) is 15.8. The molecule has 1 saturated heterocycles. The fourth-order valence-corrected chi connectivity index (χ4v) is 3.80. The van der Waals surface area contributed by atoms with E-state index in [-0.39, 0.29) is 30.4 Å². The Kier molecular flexibility index (Phi) is 5.20. The number of benzene rings is 1. The fourth-order valence-electron chi connectivity index (χ4n) is 3.80. The SMILES string of the molecule is CCCNC(=O)C1CC1C(=O)N1CCN(Cc2ccc3c(c2)OCO3)CC1. The van der Waals surface area contributed by atoms with Gasteiger partial charge < -0.3 is 19.7 Å². The Labute approximate surface area is 159 Å². The van der Waals surface area contributed by atoms with E-state index in [0.29, 0.717) is 13.0 Å². The molecule has 2 aliphatic heterocycles. The van der Waals surface area contributed by atoms with Gasteiger partial charge in [0.1, 0.15) is 0 Å². The van der Waals surface area contributed by atoms with Gasteiger partial charge in [0.15, 0.2) is 11.5 Å². The number of rotatable bonds is 6. The molecule has 1 saturated carbocycles. The summed E-state index contributed by atoms with van der Waals surface area (Å²) in [4.78, 5) is 28.9. The topological polar surface area (TPSA) is 71.1 Å². The number of hydrogen-bond acceptors (Lipinski definition) is 5. The van der Waals surface area contributed by atoms with Crippen LogP contribution in [-0.2, 0) is 16.1 Å². The van der Waals surface area contributed by atoms with Crippen LogP contribution in [0.4, 0.5) is 0 Å². The van der Waals surface area contributed by atoms with Crippen LogP contribution in [0, 0.1) is 11.8 Å². The van der Waals surface area contributed by atoms with Crippen LogP contribution in [0.2, 0.25) is 0 Å². The molecule has 1 N–H and O–H groups in total. The molecule has 7 nitrogen and oxygen atoms in total. The maximum absolute atomic E-state index is 12.6. The third kappa shape index (κ3) is 4.03. The largest absolute Gasteiger partial charge is 0.454 e. The summed E-state index contributed by atoms with van der Waals surface area (Å²) in [5.74, 6) is 1.57. The average molecular weight is 373 g/mol. The van der Waals surface area contributed by atoms with Gasteiger partial charge in [-0.3, -0.25) is 14.5 Å². The van der Waals surface area contributed by atoms with E-state index in [4.69, 9.17) is 9.47 Å². The monoisotopic (exact) mass is 373 g/mol. The van der Waals surface area contributed by atoms with Crippen LogP contribution in [0.15, 0.2) is 18.2 Å². The van der Waals surface area contributed by atoms with Gasteiger partial charge in [-0.25, -0.2) is 0 Å². The van der Waals surface area contributed by atoms with Gasteiger partial charge in [-0.15, -0.1) is 0 Å². The lowest BCUT2D eigenvalue weighted by Crippen LogP contribution is -2.49. The first-order valence-corrected chi connectivity index (χ1v) is 9.83. The molecular formula is C20H27N3O4. The summed E-state index contributed by atoms with van der Waals surface area (Å²) in [6.07, 6.45) is 1.62. The molecule has 2 fully saturated rings. The summed E-state index contributed by atoms with van der Waals surface area (Å²) in [7, 11) is 0. The lowest BCUT2D eigenvalue weighted by molar-refractivity contribution is -0.136. The van der Waals surface area contributed by atoms with Crippen molar-refractivity contribution in [2.24, 2.45) is 11.8 Å². The first-order chi connectivity index (χ1) is 13.2. The molecule has 4 rings (SSSR count). The molecule has 1 aromatic carbocycles. The predicted molar refractivity (Wildman–Crippen MR) is 99.3 cm³/mol. The van der Waals surface area contributed by atoms with Crippen molar-refractivity contribution in [1.82, 2.24) is 15.1 Å². The second-order valence-corrected chi connectivity index (χ2v) is 7.53. The van der Waals surface area contributed by atoms with Crippen LogP contribution in [0.1, 0.15) is 25.3 Å². The van der Waals surface area contributed by atoms with Gasteiger partial charge in [0.25, 0.3) is 0 Å². The highest BCUT2D eigenvalue weighted by Crippen LogP contribution is 2.40. The van der Waals surface area contributed by atoms with Crippen molar-refractivity contribution in [3.63, 3.8) is 0 Å². The molecule has 1 aliphatic carbocycles. The van der Waals surface area contributed by atoms with Crippen molar-refractivity contribution in [3.05, 3.63) is 23.8 Å². The lowest BCUT2D eigenvalue weighted by atomic mass is 10.1. The van der Waals surface area contributed by atoms with Crippen molar-refractivity contribution in [3.8, 4) is 11.5 Å². The van der Waals surface area contributed by atoms with Crippen LogP contribution in [0.3, 0.4) is 0 Å². The molecule has 27 heavy (non-hydrogen) atoms. The molecule has 0 radical (unpaired) electrons. The quantitative estimate of drug-likeness (QED) is 0.812. The average Bonchev–Trinajstić information content (AvgIpc) is 3.36. The predicted octanol–water partition coefficient (Wildman–Crippen LogP) is 1.22. The van der Waals surface area contributed by atoms with Gasteiger partial charge in [-0.2, -0.15) is 0 Å². The summed E-state index contributed by atoms with van der Waals surface area (Å²) < 4.78 is 10.8. The number of carbonyl (C=O) groups excluding carboxylic acids is 2. The third-order valence-electron chi connectivity index (χ3n) is 5.52. The molecule has 1 aromatic rings. The Morgan fingerprint density at radius 2 is 1.89 bits per heavy atom. The summed E-state index contributed by atoms with van der Waals surface area (Å²) in [6.45, 7) is 6.99. The third-order valence-corrected chi connectivity index (χ3v) is 5.52. The Morgan fingerprint density at radius 3 is 2.67 bits per heavy atom. The van der Waals surface area contributed by atoms with Gasteiger partial charge >= 0.3 is 0 Å². The van der Waals surface area contributed by atoms with Crippen LogP contribution < -0.4 is 14.8 Å². The highest BCUT2D eigenvalue weighted by Gasteiger charge is 2.49. The lowest BCUT2D eigenvalue weighted by Gasteiger charge is -2.35. The Bertz CT molecular complexity index is 715. The van der Waals surface area contributed by atoms with Crippen molar-refractivity contribution in [1.29, 1.82) is 0 Å². The summed E-state index contributed by atoms with van der Waals surface area (Å²) in [5, 5.41) is 2.90. The minimum atomic E-state index is -0.115. The van der Waals surface area contributed by atoms with Crippen molar-refractivity contribution < 1.29 is 19.1 Å². The van der Waals surface area contributed by atoms with Crippen molar-refractivity contribution in [2.75, 3.05) is 39.5 Å². The fraction of sp³-hybridized carbons (Fsp3) is 0.600. The van der Waals surface area contributed by atoms with Crippen LogP contribution in [0.5, 0.6) is 11.5 Å². The number of carbonyl (C=O) groups is 2. The molecule has 0 aromatic heterocycles. The molecule has 2 atom stereocenters. The smallest absolute Gasteiger partial charge is 0.231 e. The van der Waals surface area contributed by atoms with Crippen LogP contribution in [0.25, 0.3) is 0 Å².